The highest BCUT2D eigenvalue weighted by Gasteiger charge is 2.49. The van der Waals surface area contributed by atoms with E-state index in [0.717, 1.165) is 74.3 Å². The first-order chi connectivity index (χ1) is 33.2. The average molecular weight is 960 g/mol. The fourth-order valence-corrected chi connectivity index (χ4v) is 10.4. The topological polar surface area (TPSA) is 202 Å². The number of halogens is 3. The number of alkyl halides is 2. The molecule has 6 amide bonds. The number of fused-ring (bicyclic) bond motifs is 2. The van der Waals surface area contributed by atoms with Crippen LogP contribution < -0.4 is 30.5 Å². The molecule has 2 aromatic carbocycles. The van der Waals surface area contributed by atoms with Crippen LogP contribution in [0.25, 0.3) is 0 Å². The van der Waals surface area contributed by atoms with Gasteiger partial charge < -0.3 is 34.8 Å². The van der Waals surface area contributed by atoms with E-state index in [0.29, 0.717) is 51.4 Å². The Bertz CT molecular complexity index is 2510. The predicted molar refractivity (Wildman–Crippen MR) is 246 cm³/mol. The molecule has 6 heterocycles. The maximum Gasteiger partial charge on any atom is 0.342 e. The number of anilines is 5. The van der Waals surface area contributed by atoms with Crippen molar-refractivity contribution in [3.63, 3.8) is 0 Å². The minimum atomic E-state index is -3.63. The van der Waals surface area contributed by atoms with Gasteiger partial charge in [0.05, 0.1) is 55.4 Å². The molecular weight excluding hydrogens is 904 g/mol. The zero-order valence-electron chi connectivity index (χ0n) is 38.6. The number of hydrogen-bond donors (Lipinski definition) is 3. The van der Waals surface area contributed by atoms with Crippen molar-refractivity contribution < 1.29 is 51.4 Å². The number of piperazine rings is 1. The van der Waals surface area contributed by atoms with Crippen molar-refractivity contribution in [2.75, 3.05) is 107 Å². The molecular formula is C47H56F3N11O8. The minimum absolute atomic E-state index is 0.0167. The number of nitrogens with one attached hydrogen (secondary N) is 3. The first-order valence-electron chi connectivity index (χ1n) is 23.6. The second kappa shape index (κ2) is 19.9. The number of aromatic nitrogens is 2. The second-order valence-corrected chi connectivity index (χ2v) is 18.3. The van der Waals surface area contributed by atoms with Gasteiger partial charge in [-0.05, 0) is 50.3 Å². The van der Waals surface area contributed by atoms with Gasteiger partial charge in [0.15, 0.2) is 5.82 Å². The predicted octanol–water partition coefficient (Wildman–Crippen LogP) is 3.48. The quantitative estimate of drug-likeness (QED) is 0.157. The zero-order valence-corrected chi connectivity index (χ0v) is 38.6. The van der Waals surface area contributed by atoms with Crippen molar-refractivity contribution in [3.8, 4) is 5.75 Å². The summed E-state index contributed by atoms with van der Waals surface area (Å²) >= 11 is 0. The number of carbonyl (C=O) groups is 6. The lowest BCUT2D eigenvalue weighted by Gasteiger charge is -2.42. The van der Waals surface area contributed by atoms with E-state index in [9.17, 15) is 28.8 Å². The number of nitrogens with zero attached hydrogens (tertiary/aromatic N) is 8. The number of piperidine rings is 2. The lowest BCUT2D eigenvalue weighted by atomic mass is 10.0. The van der Waals surface area contributed by atoms with Crippen LogP contribution in [0.1, 0.15) is 82.4 Å². The van der Waals surface area contributed by atoms with E-state index in [-0.39, 0.29) is 70.5 Å². The number of imide groups is 2. The summed E-state index contributed by atoms with van der Waals surface area (Å²) in [5.74, 6) is -8.10. The third kappa shape index (κ3) is 9.65. The molecule has 0 spiro atoms. The summed E-state index contributed by atoms with van der Waals surface area (Å²) in [6.07, 6.45) is 6.01. The fraction of sp³-hybridized carbons (Fsp3) is 0.532. The molecule has 5 aliphatic heterocycles. The van der Waals surface area contributed by atoms with Gasteiger partial charge in [-0.15, -0.1) is 0 Å². The Morgan fingerprint density at radius 2 is 1.67 bits per heavy atom. The first-order valence-corrected chi connectivity index (χ1v) is 23.6. The van der Waals surface area contributed by atoms with Crippen LogP contribution in [0.2, 0.25) is 0 Å². The van der Waals surface area contributed by atoms with Crippen LogP contribution in [-0.2, 0) is 19.1 Å². The SMILES string of the molecule is COc1cc(C(=O)N2CCC(N3CCN(CCOCCNc4cccc5c4C(=O)N(C4CCC(=O)NC4=O)C5=O)CC3)CC2)c(F)cc1Nc1ncc2c(n1)N(C1CCCC1)CC(F)(F)C(=O)N2C. The van der Waals surface area contributed by atoms with E-state index in [1.54, 1.807) is 23.1 Å². The first kappa shape index (κ1) is 47.7. The number of hydrogen-bond acceptors (Lipinski definition) is 15. The molecule has 22 heteroatoms. The number of likely N-dealkylation sites (tertiary alicyclic amines) is 1. The van der Waals surface area contributed by atoms with Crippen molar-refractivity contribution >= 4 is 64.3 Å². The fourth-order valence-electron chi connectivity index (χ4n) is 10.4. The molecule has 3 N–H and O–H groups in total. The van der Waals surface area contributed by atoms with Crippen LogP contribution in [0, 0.1) is 5.82 Å². The molecule has 3 saturated heterocycles. The average Bonchev–Trinajstić information content (AvgIpc) is 3.96. The molecule has 69 heavy (non-hydrogen) atoms. The van der Waals surface area contributed by atoms with Crippen LogP contribution in [0.15, 0.2) is 36.5 Å². The normalized spacial score (nSPS) is 21.6. The highest BCUT2D eigenvalue weighted by Crippen LogP contribution is 2.41. The van der Waals surface area contributed by atoms with Crippen LogP contribution >= 0.6 is 0 Å². The van der Waals surface area contributed by atoms with E-state index < -0.39 is 59.8 Å². The molecule has 4 fully saturated rings. The maximum absolute atomic E-state index is 15.8. The zero-order chi connectivity index (χ0) is 48.6. The van der Waals surface area contributed by atoms with E-state index in [2.05, 4.69) is 35.7 Å². The third-order valence-electron chi connectivity index (χ3n) is 14.2. The van der Waals surface area contributed by atoms with Gasteiger partial charge in [-0.2, -0.15) is 13.8 Å². The molecule has 6 aliphatic rings. The summed E-state index contributed by atoms with van der Waals surface area (Å²) in [5.41, 5.74) is 1.02. The molecule has 1 atom stereocenters. The molecule has 0 radical (unpaired) electrons. The Morgan fingerprint density at radius 3 is 2.39 bits per heavy atom. The Balaban J connectivity index is 0.720. The molecule has 1 aliphatic carbocycles. The number of benzene rings is 2. The van der Waals surface area contributed by atoms with Crippen LogP contribution in [0.5, 0.6) is 5.75 Å². The maximum atomic E-state index is 15.8. The summed E-state index contributed by atoms with van der Waals surface area (Å²) < 4.78 is 57.5. The summed E-state index contributed by atoms with van der Waals surface area (Å²) in [4.78, 5) is 95.6. The summed E-state index contributed by atoms with van der Waals surface area (Å²) in [7, 11) is 2.66. The Kier molecular flexibility index (Phi) is 13.8. The van der Waals surface area contributed by atoms with E-state index in [1.807, 2.05) is 0 Å². The molecule has 1 saturated carbocycles. The number of ether oxygens (including phenoxy) is 2. The number of rotatable bonds is 14. The number of carbonyl (C=O) groups excluding carboxylic acids is 6. The Labute approximate surface area is 396 Å². The molecule has 19 nitrogen and oxygen atoms in total. The number of amides is 6. The van der Waals surface area contributed by atoms with Gasteiger partial charge in [-0.3, -0.25) is 48.8 Å². The van der Waals surface area contributed by atoms with Gasteiger partial charge in [0.25, 0.3) is 23.6 Å². The van der Waals surface area contributed by atoms with Crippen molar-refractivity contribution in [3.05, 3.63) is 59.0 Å². The van der Waals surface area contributed by atoms with E-state index in [4.69, 9.17) is 9.47 Å². The van der Waals surface area contributed by atoms with Crippen LogP contribution in [0.4, 0.5) is 42.0 Å². The largest absolute Gasteiger partial charge is 0.495 e. The Hall–Kier alpha value is -6.39. The molecule has 9 rings (SSSR count). The molecule has 1 aromatic heterocycles. The Morgan fingerprint density at radius 1 is 0.913 bits per heavy atom. The third-order valence-corrected chi connectivity index (χ3v) is 14.2. The van der Waals surface area contributed by atoms with Crippen molar-refractivity contribution in [2.24, 2.45) is 0 Å². The highest BCUT2D eigenvalue weighted by molar-refractivity contribution is 6.25. The molecule has 0 bridgehead atoms. The van der Waals surface area contributed by atoms with Crippen LogP contribution in [0.3, 0.4) is 0 Å². The summed E-state index contributed by atoms with van der Waals surface area (Å²) in [5, 5.41) is 8.35. The number of methoxy groups -OCH3 is 1. The van der Waals surface area contributed by atoms with Crippen molar-refractivity contribution in [1.82, 2.24) is 34.9 Å². The lowest BCUT2D eigenvalue weighted by Crippen LogP contribution is -2.54. The van der Waals surface area contributed by atoms with Gasteiger partial charge in [-0.25, -0.2) is 9.37 Å². The van der Waals surface area contributed by atoms with Crippen molar-refractivity contribution in [2.45, 2.75) is 75.4 Å². The molecule has 3 aromatic rings. The molecule has 1 unspecified atom stereocenters. The van der Waals surface area contributed by atoms with E-state index in [1.165, 1.54) is 31.3 Å². The summed E-state index contributed by atoms with van der Waals surface area (Å²) in [6, 6.07) is 6.42. The molecule has 368 valence electrons. The monoisotopic (exact) mass is 959 g/mol. The minimum Gasteiger partial charge on any atom is -0.495 e. The second-order valence-electron chi connectivity index (χ2n) is 18.3. The van der Waals surface area contributed by atoms with Gasteiger partial charge >= 0.3 is 5.92 Å². The highest BCUT2D eigenvalue weighted by atomic mass is 19.3. The van der Waals surface area contributed by atoms with Crippen molar-refractivity contribution in [1.29, 1.82) is 0 Å². The lowest BCUT2D eigenvalue weighted by molar-refractivity contribution is -0.140. The van der Waals surface area contributed by atoms with Gasteiger partial charge in [0, 0.05) is 89.7 Å². The standard InChI is InChI=1S/C47H56F3N11O8/c1-56-36-26-52-46(55-40(36)60(29-6-3-4-7-29)27-47(49,50)45(56)67)53-34-25-32(48)31(24-37(34)68-2)42(64)59-15-12-28(13-16-59)58-19-17-57(18-20-58)21-23-69-22-14-51-33-9-5-8-30-39(33)44(66)61(43(30)65)35-10-11-38(62)54-41(35)63/h5,8-9,24-26,28-29,35,51H,3-4,6-7,10-23,27H2,1-2H3,(H,52,53,55)(H,54,62,63). The van der Waals surface area contributed by atoms with E-state index >= 15 is 13.2 Å². The van der Waals surface area contributed by atoms with Crippen LogP contribution in [-0.4, -0.2) is 175 Å². The smallest absolute Gasteiger partial charge is 0.342 e. The van der Waals surface area contributed by atoms with Gasteiger partial charge in [0.1, 0.15) is 23.3 Å². The van der Waals surface area contributed by atoms with Gasteiger partial charge in [-0.1, -0.05) is 18.9 Å². The summed E-state index contributed by atoms with van der Waals surface area (Å²) in [6.45, 7) is 5.49. The van der Waals surface area contributed by atoms with Gasteiger partial charge in [0.2, 0.25) is 17.8 Å².